The molecule has 2 aromatic carbocycles. The Bertz CT molecular complexity index is 963. The average molecular weight is 398 g/mol. The molecule has 0 N–H and O–H groups in total. The lowest BCUT2D eigenvalue weighted by molar-refractivity contribution is 0.575. The van der Waals surface area contributed by atoms with E-state index in [1.54, 1.807) is 0 Å². The number of halogens is 2. The number of hydrogen-bond acceptors (Lipinski definition) is 2. The molecule has 5 heteroatoms. The number of aryl methyl sites for hydroxylation is 1. The van der Waals surface area contributed by atoms with Crippen LogP contribution in [0.1, 0.15) is 30.5 Å². The minimum Gasteiger partial charge on any atom is -0.331 e. The highest BCUT2D eigenvalue weighted by molar-refractivity contribution is 6.42. The Morgan fingerprint density at radius 2 is 1.81 bits per heavy atom. The lowest BCUT2D eigenvalue weighted by Crippen LogP contribution is -2.31. The zero-order valence-electron chi connectivity index (χ0n) is 15.1. The van der Waals surface area contributed by atoms with Gasteiger partial charge in [-0.3, -0.25) is 0 Å². The fraction of sp³-hybridized carbons (Fsp3) is 0.227. The molecule has 27 heavy (non-hydrogen) atoms. The first-order valence-electron chi connectivity index (χ1n) is 9.12. The number of rotatable bonds is 5. The molecular weight excluding hydrogens is 377 g/mol. The third-order valence-corrected chi connectivity index (χ3v) is 5.73. The molecule has 3 aromatic rings. The van der Waals surface area contributed by atoms with Gasteiger partial charge in [0.05, 0.1) is 22.3 Å². The van der Waals surface area contributed by atoms with Crippen LogP contribution in [0.3, 0.4) is 0 Å². The van der Waals surface area contributed by atoms with Gasteiger partial charge in [-0.15, -0.1) is 0 Å². The molecule has 1 aliphatic heterocycles. The summed E-state index contributed by atoms with van der Waals surface area (Å²) >= 11 is 12.3. The van der Waals surface area contributed by atoms with Crippen molar-refractivity contribution in [3.8, 4) is 0 Å². The van der Waals surface area contributed by atoms with Crippen molar-refractivity contribution in [1.82, 2.24) is 9.78 Å². The van der Waals surface area contributed by atoms with Gasteiger partial charge in [-0.25, -0.2) is 4.68 Å². The lowest BCUT2D eigenvalue weighted by Gasteiger charge is -2.33. The van der Waals surface area contributed by atoms with Crippen LogP contribution in [-0.2, 0) is 6.42 Å². The molecule has 3 nitrogen and oxygen atoms in total. The minimum atomic E-state index is 0.0233. The van der Waals surface area contributed by atoms with Crippen LogP contribution in [0.15, 0.2) is 72.6 Å². The van der Waals surface area contributed by atoms with Crippen molar-refractivity contribution in [2.75, 3.05) is 11.4 Å². The minimum absolute atomic E-state index is 0.0233. The Morgan fingerprint density at radius 3 is 2.59 bits per heavy atom. The highest BCUT2D eigenvalue weighted by Crippen LogP contribution is 2.35. The first-order valence-corrected chi connectivity index (χ1v) is 9.87. The van der Waals surface area contributed by atoms with Gasteiger partial charge >= 0.3 is 0 Å². The molecule has 0 aliphatic carbocycles. The van der Waals surface area contributed by atoms with Gasteiger partial charge in [-0.2, -0.15) is 5.10 Å². The van der Waals surface area contributed by atoms with Crippen molar-refractivity contribution in [2.24, 2.45) is 0 Å². The normalized spacial score (nSPS) is 16.2. The Balaban J connectivity index is 1.55. The van der Waals surface area contributed by atoms with E-state index in [1.807, 2.05) is 24.4 Å². The number of benzene rings is 2. The predicted molar refractivity (Wildman–Crippen MR) is 113 cm³/mol. The maximum absolute atomic E-state index is 6.23. The van der Waals surface area contributed by atoms with Crippen LogP contribution < -0.4 is 4.90 Å². The molecule has 2 heterocycles. The Morgan fingerprint density at radius 1 is 1.00 bits per heavy atom. The summed E-state index contributed by atoms with van der Waals surface area (Å²) in [5.74, 6) is 1.11. The van der Waals surface area contributed by atoms with Crippen molar-refractivity contribution in [3.63, 3.8) is 0 Å². The number of nitrogens with zero attached hydrogens (tertiary/aromatic N) is 3. The van der Waals surface area contributed by atoms with Gasteiger partial charge in [0, 0.05) is 18.3 Å². The van der Waals surface area contributed by atoms with E-state index in [2.05, 4.69) is 64.1 Å². The molecular formula is C22H21Cl2N3. The van der Waals surface area contributed by atoms with E-state index in [-0.39, 0.29) is 6.04 Å². The summed E-state index contributed by atoms with van der Waals surface area (Å²) in [7, 11) is 0. The highest BCUT2D eigenvalue weighted by Gasteiger charge is 2.25. The van der Waals surface area contributed by atoms with Gasteiger partial charge in [-0.05, 0) is 49.1 Å². The van der Waals surface area contributed by atoms with E-state index in [4.69, 9.17) is 23.2 Å². The van der Waals surface area contributed by atoms with Crippen LogP contribution in [0.25, 0.3) is 0 Å². The number of allylic oxidation sites excluding steroid dienone is 2. The zero-order chi connectivity index (χ0) is 18.8. The van der Waals surface area contributed by atoms with Gasteiger partial charge in [0.15, 0.2) is 0 Å². The van der Waals surface area contributed by atoms with Crippen LogP contribution in [0.4, 0.5) is 5.82 Å². The Hall–Kier alpha value is -2.23. The van der Waals surface area contributed by atoms with E-state index < -0.39 is 0 Å². The van der Waals surface area contributed by atoms with Crippen LogP contribution >= 0.6 is 23.2 Å². The van der Waals surface area contributed by atoms with Crippen LogP contribution in [0.5, 0.6) is 0 Å². The summed E-state index contributed by atoms with van der Waals surface area (Å²) < 4.78 is 2.05. The molecule has 0 saturated carbocycles. The fourth-order valence-corrected chi connectivity index (χ4v) is 3.92. The molecule has 0 fully saturated rings. The monoisotopic (exact) mass is 397 g/mol. The van der Waals surface area contributed by atoms with E-state index in [0.29, 0.717) is 10.0 Å². The van der Waals surface area contributed by atoms with Gasteiger partial charge in [0.1, 0.15) is 5.82 Å². The van der Waals surface area contributed by atoms with Crippen LogP contribution in [0, 0.1) is 0 Å². The molecule has 0 spiro atoms. The third-order valence-electron chi connectivity index (χ3n) is 4.99. The molecule has 1 unspecified atom stereocenters. The van der Waals surface area contributed by atoms with Gasteiger partial charge in [-0.1, -0.05) is 59.6 Å². The van der Waals surface area contributed by atoms with Crippen LogP contribution in [-0.4, -0.2) is 16.3 Å². The Kier molecular flexibility index (Phi) is 5.24. The molecule has 0 amide bonds. The molecule has 1 aliphatic rings. The summed E-state index contributed by atoms with van der Waals surface area (Å²) in [5.41, 5.74) is 3.68. The largest absolute Gasteiger partial charge is 0.331 e. The van der Waals surface area contributed by atoms with Gasteiger partial charge in [0.2, 0.25) is 0 Å². The molecule has 138 valence electrons. The summed E-state index contributed by atoms with van der Waals surface area (Å²) in [6, 6.07) is 18.5. The standard InChI is InChI=1S/C22H21Cl2N3/c1-16-14-21(18-9-10-19(23)20(24)15-18)27-22(11-12-25-27)26(16)13-5-8-17-6-3-2-4-7-17/h2-4,6-7,9-12,14-15,21H,5,8,13H2,1H3. The average Bonchev–Trinajstić information content (AvgIpc) is 3.16. The molecule has 1 aromatic heterocycles. The highest BCUT2D eigenvalue weighted by atomic mass is 35.5. The zero-order valence-corrected chi connectivity index (χ0v) is 16.7. The molecule has 1 atom stereocenters. The quantitative estimate of drug-likeness (QED) is 0.515. The van der Waals surface area contributed by atoms with Crippen LogP contribution in [0.2, 0.25) is 10.0 Å². The summed E-state index contributed by atoms with van der Waals surface area (Å²) in [6.45, 7) is 3.11. The SMILES string of the molecule is CC1=CC(c2ccc(Cl)c(Cl)c2)n2nccc2N1CCCc1ccccc1. The number of anilines is 1. The second-order valence-corrected chi connectivity index (χ2v) is 7.62. The van der Waals surface area contributed by atoms with Crippen molar-refractivity contribution in [2.45, 2.75) is 25.8 Å². The lowest BCUT2D eigenvalue weighted by atomic mass is 10.0. The summed E-state index contributed by atoms with van der Waals surface area (Å²) in [4.78, 5) is 2.34. The number of aromatic nitrogens is 2. The fourth-order valence-electron chi connectivity index (χ4n) is 3.62. The van der Waals surface area contributed by atoms with Gasteiger partial charge < -0.3 is 4.90 Å². The topological polar surface area (TPSA) is 21.1 Å². The van der Waals surface area contributed by atoms with Gasteiger partial charge in [0.25, 0.3) is 0 Å². The first kappa shape index (κ1) is 18.1. The van der Waals surface area contributed by atoms with Crippen molar-refractivity contribution < 1.29 is 0 Å². The predicted octanol–water partition coefficient (Wildman–Crippen LogP) is 6.14. The van der Waals surface area contributed by atoms with E-state index in [0.717, 1.165) is 30.8 Å². The smallest absolute Gasteiger partial charge is 0.132 e. The summed E-state index contributed by atoms with van der Waals surface area (Å²) in [6.07, 6.45) is 6.24. The first-order chi connectivity index (χ1) is 13.1. The maximum atomic E-state index is 6.23. The van der Waals surface area contributed by atoms with E-state index >= 15 is 0 Å². The van der Waals surface area contributed by atoms with Crippen molar-refractivity contribution in [3.05, 3.63) is 93.7 Å². The van der Waals surface area contributed by atoms with Crippen molar-refractivity contribution >= 4 is 29.0 Å². The van der Waals surface area contributed by atoms with E-state index in [1.165, 1.54) is 11.3 Å². The second-order valence-electron chi connectivity index (χ2n) is 6.80. The van der Waals surface area contributed by atoms with E-state index in [9.17, 15) is 0 Å². The Labute approximate surface area is 169 Å². The molecule has 4 rings (SSSR count). The second kappa shape index (κ2) is 7.79. The molecule has 0 saturated heterocycles. The molecule has 0 bridgehead atoms. The maximum Gasteiger partial charge on any atom is 0.132 e. The summed E-state index contributed by atoms with van der Waals surface area (Å²) in [5, 5.41) is 5.71. The number of hydrogen-bond donors (Lipinski definition) is 0. The third kappa shape index (κ3) is 3.76. The molecule has 0 radical (unpaired) electrons. The number of fused-ring (bicyclic) bond motifs is 1. The van der Waals surface area contributed by atoms with Crippen molar-refractivity contribution in [1.29, 1.82) is 0 Å².